The molecule has 3 rings (SSSR count). The largest absolute Gasteiger partial charge is 0.256 e. The molecule has 2 aromatic carbocycles. The molecular formula is C17H11F2N. The molecule has 0 saturated heterocycles. The van der Waals surface area contributed by atoms with Gasteiger partial charge < -0.3 is 0 Å². The lowest BCUT2D eigenvalue weighted by molar-refractivity contribution is 0.579. The number of nitrogens with zero attached hydrogens (tertiary/aromatic N) is 1. The molecule has 1 heterocycles. The van der Waals surface area contributed by atoms with Crippen molar-refractivity contribution < 1.29 is 8.78 Å². The van der Waals surface area contributed by atoms with Gasteiger partial charge in [0.15, 0.2) is 0 Å². The number of pyridine rings is 1. The molecule has 98 valence electrons. The summed E-state index contributed by atoms with van der Waals surface area (Å²) in [4.78, 5) is 4.25. The molecule has 3 aromatic rings. The van der Waals surface area contributed by atoms with Gasteiger partial charge in [-0.25, -0.2) is 8.78 Å². The maximum Gasteiger partial charge on any atom is 0.133 e. The Morgan fingerprint density at radius 1 is 0.800 bits per heavy atom. The van der Waals surface area contributed by atoms with Gasteiger partial charge in [-0.2, -0.15) is 0 Å². The molecule has 0 unspecified atom stereocenters. The van der Waals surface area contributed by atoms with Crippen LogP contribution in [0.15, 0.2) is 54.7 Å². The molecule has 0 aliphatic carbocycles. The van der Waals surface area contributed by atoms with Gasteiger partial charge in [0.25, 0.3) is 0 Å². The van der Waals surface area contributed by atoms with Crippen molar-refractivity contribution in [3.05, 3.63) is 77.6 Å². The van der Waals surface area contributed by atoms with E-state index in [0.717, 1.165) is 10.8 Å². The quantitative estimate of drug-likeness (QED) is 0.656. The van der Waals surface area contributed by atoms with E-state index in [9.17, 15) is 8.78 Å². The third-order valence-corrected chi connectivity index (χ3v) is 3.11. The van der Waals surface area contributed by atoms with Gasteiger partial charge in [-0.1, -0.05) is 30.3 Å². The molecule has 0 bridgehead atoms. The molecule has 0 aliphatic rings. The summed E-state index contributed by atoms with van der Waals surface area (Å²) in [5.74, 6) is -1.16. The van der Waals surface area contributed by atoms with Gasteiger partial charge in [-0.15, -0.1) is 0 Å². The molecule has 3 heteroatoms. The molecule has 0 N–H and O–H groups in total. The molecule has 1 nitrogen and oxygen atoms in total. The van der Waals surface area contributed by atoms with E-state index >= 15 is 0 Å². The smallest absolute Gasteiger partial charge is 0.133 e. The molecule has 0 amide bonds. The van der Waals surface area contributed by atoms with E-state index in [2.05, 4.69) is 4.98 Å². The Morgan fingerprint density at radius 3 is 2.35 bits per heavy atom. The van der Waals surface area contributed by atoms with Gasteiger partial charge in [0.1, 0.15) is 11.6 Å². The van der Waals surface area contributed by atoms with Gasteiger partial charge in [0, 0.05) is 17.1 Å². The van der Waals surface area contributed by atoms with Gasteiger partial charge in [0.2, 0.25) is 0 Å². The predicted molar refractivity (Wildman–Crippen MR) is 77.0 cm³/mol. The van der Waals surface area contributed by atoms with Gasteiger partial charge in [-0.05, 0) is 35.7 Å². The Hall–Kier alpha value is -2.55. The topological polar surface area (TPSA) is 12.9 Å². The van der Waals surface area contributed by atoms with Crippen LogP contribution in [-0.2, 0) is 0 Å². The Bertz CT molecular complexity index is 768. The number of fused-ring (bicyclic) bond motifs is 1. The maximum absolute atomic E-state index is 13.6. The minimum Gasteiger partial charge on any atom is -0.256 e. The van der Waals surface area contributed by atoms with Crippen LogP contribution in [0, 0.1) is 11.6 Å². The number of hydrogen-bond acceptors (Lipinski definition) is 1. The van der Waals surface area contributed by atoms with Crippen LogP contribution >= 0.6 is 0 Å². The first-order chi connectivity index (χ1) is 9.75. The minimum absolute atomic E-state index is 0.0535. The number of rotatable bonds is 2. The van der Waals surface area contributed by atoms with Crippen molar-refractivity contribution in [1.82, 2.24) is 4.98 Å². The number of benzene rings is 2. The van der Waals surface area contributed by atoms with Crippen molar-refractivity contribution >= 4 is 22.9 Å². The second-order valence-corrected chi connectivity index (χ2v) is 4.39. The summed E-state index contributed by atoms with van der Waals surface area (Å²) in [6.45, 7) is 0. The summed E-state index contributed by atoms with van der Waals surface area (Å²) in [5, 5.41) is 1.99. The van der Waals surface area contributed by atoms with Crippen molar-refractivity contribution in [2.45, 2.75) is 0 Å². The normalized spacial score (nSPS) is 11.3. The Balaban J connectivity index is 2.07. The maximum atomic E-state index is 13.6. The predicted octanol–water partition coefficient (Wildman–Crippen LogP) is 4.68. The van der Waals surface area contributed by atoms with Crippen LogP contribution in [0.5, 0.6) is 0 Å². The average Bonchev–Trinajstić information content (AvgIpc) is 2.47. The number of hydrogen-bond donors (Lipinski definition) is 0. The lowest BCUT2D eigenvalue weighted by atomic mass is 10.1. The van der Waals surface area contributed by atoms with E-state index in [1.807, 2.05) is 30.3 Å². The van der Waals surface area contributed by atoms with Gasteiger partial charge >= 0.3 is 0 Å². The zero-order chi connectivity index (χ0) is 13.9. The van der Waals surface area contributed by atoms with Crippen LogP contribution in [-0.4, -0.2) is 4.98 Å². The van der Waals surface area contributed by atoms with E-state index < -0.39 is 11.6 Å². The Labute approximate surface area is 115 Å². The summed E-state index contributed by atoms with van der Waals surface area (Å²) in [5.41, 5.74) is 0.632. The highest BCUT2D eigenvalue weighted by molar-refractivity contribution is 5.91. The summed E-state index contributed by atoms with van der Waals surface area (Å²) >= 11 is 0. The monoisotopic (exact) mass is 267 g/mol. The Kier molecular flexibility index (Phi) is 3.25. The van der Waals surface area contributed by atoms with Crippen LogP contribution in [0.25, 0.3) is 22.9 Å². The lowest BCUT2D eigenvalue weighted by Gasteiger charge is -2.02. The fourth-order valence-corrected chi connectivity index (χ4v) is 2.11. The molecule has 0 fully saturated rings. The standard InChI is InChI=1S/C17H11F2N/c18-15-6-3-7-16(19)14(15)8-9-17-13-5-2-1-4-12(13)10-11-20-17/h1-11H. The second kappa shape index (κ2) is 5.21. The average molecular weight is 267 g/mol. The molecule has 0 saturated carbocycles. The molecule has 20 heavy (non-hydrogen) atoms. The van der Waals surface area contributed by atoms with Gasteiger partial charge in [0.05, 0.1) is 5.69 Å². The molecule has 0 spiro atoms. The highest BCUT2D eigenvalue weighted by atomic mass is 19.1. The number of halogens is 2. The van der Waals surface area contributed by atoms with Crippen LogP contribution in [0.3, 0.4) is 0 Å². The third-order valence-electron chi connectivity index (χ3n) is 3.11. The Morgan fingerprint density at radius 2 is 1.55 bits per heavy atom. The lowest BCUT2D eigenvalue weighted by Crippen LogP contribution is -1.88. The first-order valence-electron chi connectivity index (χ1n) is 6.21. The highest BCUT2D eigenvalue weighted by Gasteiger charge is 2.05. The van der Waals surface area contributed by atoms with Crippen LogP contribution in [0.2, 0.25) is 0 Å². The highest BCUT2D eigenvalue weighted by Crippen LogP contribution is 2.20. The zero-order valence-electron chi connectivity index (χ0n) is 10.6. The van der Waals surface area contributed by atoms with Crippen LogP contribution < -0.4 is 0 Å². The van der Waals surface area contributed by atoms with Crippen molar-refractivity contribution in [2.75, 3.05) is 0 Å². The van der Waals surface area contributed by atoms with Crippen LogP contribution in [0.4, 0.5) is 8.78 Å². The van der Waals surface area contributed by atoms with Crippen molar-refractivity contribution in [2.24, 2.45) is 0 Å². The van der Waals surface area contributed by atoms with E-state index in [1.54, 1.807) is 12.3 Å². The molecule has 0 atom stereocenters. The zero-order valence-corrected chi connectivity index (χ0v) is 10.6. The molecule has 0 aliphatic heterocycles. The van der Waals surface area contributed by atoms with Crippen molar-refractivity contribution in [3.63, 3.8) is 0 Å². The summed E-state index contributed by atoms with van der Waals surface area (Å²) in [6.07, 6.45) is 4.73. The third kappa shape index (κ3) is 2.30. The van der Waals surface area contributed by atoms with Crippen LogP contribution in [0.1, 0.15) is 11.3 Å². The summed E-state index contributed by atoms with van der Waals surface area (Å²) in [6, 6.07) is 13.5. The molecule has 0 radical (unpaired) electrons. The fraction of sp³-hybridized carbons (Fsp3) is 0. The summed E-state index contributed by atoms with van der Waals surface area (Å²) in [7, 11) is 0. The van der Waals surface area contributed by atoms with Gasteiger partial charge in [-0.3, -0.25) is 4.98 Å². The second-order valence-electron chi connectivity index (χ2n) is 4.39. The first kappa shape index (κ1) is 12.5. The van der Waals surface area contributed by atoms with Crippen molar-refractivity contribution in [3.8, 4) is 0 Å². The van der Waals surface area contributed by atoms with E-state index in [0.29, 0.717) is 5.69 Å². The SMILES string of the molecule is Fc1cccc(F)c1C=Cc1nccc2ccccc12. The minimum atomic E-state index is -0.582. The molecular weight excluding hydrogens is 256 g/mol. The molecule has 1 aromatic heterocycles. The number of aromatic nitrogens is 1. The van der Waals surface area contributed by atoms with E-state index in [4.69, 9.17) is 0 Å². The fourth-order valence-electron chi connectivity index (χ4n) is 2.11. The first-order valence-corrected chi connectivity index (χ1v) is 6.21. The van der Waals surface area contributed by atoms with E-state index in [-0.39, 0.29) is 5.56 Å². The van der Waals surface area contributed by atoms with E-state index in [1.165, 1.54) is 24.3 Å². The van der Waals surface area contributed by atoms with Crippen molar-refractivity contribution in [1.29, 1.82) is 0 Å². The summed E-state index contributed by atoms with van der Waals surface area (Å²) < 4.78 is 27.1.